The first kappa shape index (κ1) is 21.7. The van der Waals surface area contributed by atoms with Crippen LogP contribution in [0.2, 0.25) is 0 Å². The Balaban J connectivity index is 0. The Labute approximate surface area is 124 Å². The maximum atomic E-state index is 10.7. The number of alkyl halides is 6. The van der Waals surface area contributed by atoms with Gasteiger partial charge in [0, 0.05) is 10.5 Å². The Morgan fingerprint density at radius 1 is 1.00 bits per heavy atom. The molecule has 0 amide bonds. The quantitative estimate of drug-likeness (QED) is 0.285. The molecular weight excluding hydrogens is 429 g/mol. The fourth-order valence-corrected chi connectivity index (χ4v) is 0.830. The monoisotopic (exact) mass is 438 g/mol. The van der Waals surface area contributed by atoms with E-state index in [1.54, 1.807) is 0 Å². The Hall–Kier alpha value is -0.560. The topological polar surface area (TPSA) is 54.4 Å². The summed E-state index contributed by atoms with van der Waals surface area (Å²) >= 11 is 2.28. The van der Waals surface area contributed by atoms with Crippen LogP contribution in [0.25, 0.3) is 0 Å². The van der Waals surface area contributed by atoms with E-state index < -0.39 is 21.8 Å². The molecule has 0 aromatic heterocycles. The molecule has 1 N–H and O–H groups in total. The maximum absolute atomic E-state index is 10.7. The summed E-state index contributed by atoms with van der Waals surface area (Å²) in [6, 6.07) is 10.2. The lowest BCUT2D eigenvalue weighted by molar-refractivity contribution is -0.110. The van der Waals surface area contributed by atoms with Gasteiger partial charge in [-0.2, -0.15) is 34.8 Å². The Morgan fingerprint density at radius 2 is 1.25 bits per heavy atom. The summed E-state index contributed by atoms with van der Waals surface area (Å²) in [6.45, 7) is 0.188. The van der Waals surface area contributed by atoms with Gasteiger partial charge in [0.25, 0.3) is 0 Å². The van der Waals surface area contributed by atoms with Crippen molar-refractivity contribution < 1.29 is 39.3 Å². The minimum atomic E-state index is -5.84. The van der Waals surface area contributed by atoms with Crippen molar-refractivity contribution in [1.82, 2.24) is 0 Å². The van der Waals surface area contributed by atoms with E-state index in [9.17, 15) is 26.3 Å². The summed E-state index contributed by atoms with van der Waals surface area (Å²) in [4.78, 5) is 0. The van der Waals surface area contributed by atoms with Crippen molar-refractivity contribution in [2.45, 2.75) is 18.6 Å². The molecule has 0 saturated heterocycles. The van der Waals surface area contributed by atoms with Crippen molar-refractivity contribution in [3.8, 4) is 0 Å². The summed E-state index contributed by atoms with van der Waals surface area (Å²) in [7, 11) is -5.84. The van der Waals surface area contributed by atoms with Crippen molar-refractivity contribution in [1.29, 1.82) is 0 Å². The minimum Gasteiger partial charge on any atom is -0.279 e. The molecule has 1 rings (SSSR count). The van der Waals surface area contributed by atoms with Crippen LogP contribution < -0.4 is 0 Å². The van der Waals surface area contributed by atoms with E-state index in [0.29, 0.717) is 0 Å². The van der Waals surface area contributed by atoms with Crippen LogP contribution in [0, 0.1) is 3.57 Å². The zero-order chi connectivity index (χ0) is 16.6. The van der Waals surface area contributed by atoms with Gasteiger partial charge in [0.2, 0.25) is 0 Å². The van der Waals surface area contributed by atoms with Crippen LogP contribution in [-0.2, 0) is 10.1 Å². The highest BCUT2D eigenvalue weighted by atomic mass is 127. The molecule has 20 heavy (non-hydrogen) atoms. The van der Waals surface area contributed by atoms with Gasteiger partial charge >= 0.3 is 21.8 Å². The maximum Gasteiger partial charge on any atom is 0.522 e. The van der Waals surface area contributed by atoms with E-state index in [2.05, 4.69) is 34.7 Å². The second-order valence-corrected chi connectivity index (χ2v) is 5.66. The van der Waals surface area contributed by atoms with Gasteiger partial charge in [0.05, 0.1) is 0 Å². The Kier molecular flexibility index (Phi) is 9.42. The standard InChI is InChI=1S/C6H5I.C2H3F3.CHF3O3S/c7-6-4-2-1-3-5-6;1-2(3,4)5;2-1(3,4)8(5,6)7/h1-5H;1H3;(H,5,6,7). The van der Waals surface area contributed by atoms with E-state index in [0.717, 1.165) is 0 Å². The van der Waals surface area contributed by atoms with Gasteiger partial charge in [-0.1, -0.05) is 18.2 Å². The molecule has 0 aliphatic carbocycles. The number of halogens is 7. The zero-order valence-corrected chi connectivity index (χ0v) is 12.7. The highest BCUT2D eigenvalue weighted by Crippen LogP contribution is 2.20. The van der Waals surface area contributed by atoms with Gasteiger partial charge in [0.15, 0.2) is 0 Å². The normalized spacial score (nSPS) is 11.7. The zero-order valence-electron chi connectivity index (χ0n) is 9.70. The molecule has 0 aliphatic rings. The van der Waals surface area contributed by atoms with Crippen LogP contribution in [0.5, 0.6) is 0 Å². The van der Waals surface area contributed by atoms with E-state index in [1.165, 1.54) is 3.57 Å². The van der Waals surface area contributed by atoms with Crippen LogP contribution in [0.3, 0.4) is 0 Å². The average molecular weight is 438 g/mol. The molecule has 0 unspecified atom stereocenters. The Bertz CT molecular complexity index is 463. The predicted molar refractivity (Wildman–Crippen MR) is 68.5 cm³/mol. The summed E-state index contributed by atoms with van der Waals surface area (Å²) < 4.78 is 89.9. The molecule has 0 fully saturated rings. The van der Waals surface area contributed by atoms with Crippen molar-refractivity contribution in [2.75, 3.05) is 0 Å². The first-order chi connectivity index (χ1) is 8.64. The van der Waals surface area contributed by atoms with Crippen LogP contribution in [0.15, 0.2) is 30.3 Å². The molecule has 0 bridgehead atoms. The molecule has 1 aromatic carbocycles. The molecule has 0 aliphatic heterocycles. The van der Waals surface area contributed by atoms with Gasteiger partial charge in [-0.05, 0) is 34.7 Å². The highest BCUT2D eigenvalue weighted by molar-refractivity contribution is 14.1. The SMILES string of the molecule is CC(F)(F)F.Ic1ccccc1.O=S(=O)(O)C(F)(F)F. The van der Waals surface area contributed by atoms with Crippen molar-refractivity contribution in [2.24, 2.45) is 0 Å². The van der Waals surface area contributed by atoms with Gasteiger partial charge in [0.1, 0.15) is 0 Å². The van der Waals surface area contributed by atoms with Crippen LogP contribution in [0.4, 0.5) is 26.3 Å². The third-order valence-electron chi connectivity index (χ3n) is 1.03. The smallest absolute Gasteiger partial charge is 0.279 e. The average Bonchev–Trinajstić information content (AvgIpc) is 2.13. The van der Waals surface area contributed by atoms with E-state index in [1.807, 2.05) is 18.2 Å². The van der Waals surface area contributed by atoms with Crippen LogP contribution in [-0.4, -0.2) is 24.7 Å². The minimum absolute atomic E-state index is 0.188. The molecule has 0 radical (unpaired) electrons. The molecule has 0 saturated carbocycles. The lowest BCUT2D eigenvalue weighted by Gasteiger charge is -1.97. The number of benzene rings is 1. The Morgan fingerprint density at radius 3 is 1.35 bits per heavy atom. The number of rotatable bonds is 0. The number of hydrogen-bond acceptors (Lipinski definition) is 2. The van der Waals surface area contributed by atoms with Gasteiger partial charge in [-0.15, -0.1) is 0 Å². The lowest BCUT2D eigenvalue weighted by atomic mass is 10.4. The third kappa shape index (κ3) is 17.4. The second-order valence-electron chi connectivity index (χ2n) is 3.00. The first-order valence-corrected chi connectivity index (χ1v) is 6.97. The molecule has 11 heteroatoms. The van der Waals surface area contributed by atoms with Gasteiger partial charge < -0.3 is 0 Å². The van der Waals surface area contributed by atoms with Gasteiger partial charge in [-0.25, -0.2) is 0 Å². The molecule has 0 atom stereocenters. The largest absolute Gasteiger partial charge is 0.522 e. The van der Waals surface area contributed by atoms with Crippen molar-refractivity contribution >= 4 is 32.7 Å². The predicted octanol–water partition coefficient (Wildman–Crippen LogP) is 4.25. The lowest BCUT2D eigenvalue weighted by Crippen LogP contribution is -2.21. The summed E-state index contributed by atoms with van der Waals surface area (Å²) in [5.74, 6) is 0. The second kappa shape index (κ2) is 8.67. The summed E-state index contributed by atoms with van der Waals surface area (Å²) in [6.07, 6.45) is -4.00. The highest BCUT2D eigenvalue weighted by Gasteiger charge is 2.44. The van der Waals surface area contributed by atoms with Crippen LogP contribution in [0.1, 0.15) is 6.92 Å². The molecular formula is C9H9F6IO3S. The summed E-state index contributed by atoms with van der Waals surface area (Å²) in [5.41, 5.74) is -5.53. The van der Waals surface area contributed by atoms with Crippen molar-refractivity contribution in [3.63, 3.8) is 0 Å². The first-order valence-electron chi connectivity index (χ1n) is 4.45. The molecule has 118 valence electrons. The van der Waals surface area contributed by atoms with E-state index in [4.69, 9.17) is 13.0 Å². The molecule has 0 spiro atoms. The molecule has 0 heterocycles. The van der Waals surface area contributed by atoms with E-state index in [-0.39, 0.29) is 6.92 Å². The summed E-state index contributed by atoms with van der Waals surface area (Å²) in [5, 5.41) is 0. The number of hydrogen-bond donors (Lipinski definition) is 1. The fourth-order valence-electron chi connectivity index (χ4n) is 0.415. The van der Waals surface area contributed by atoms with Crippen LogP contribution >= 0.6 is 22.6 Å². The van der Waals surface area contributed by atoms with E-state index >= 15 is 0 Å². The van der Waals surface area contributed by atoms with Gasteiger partial charge in [-0.3, -0.25) is 4.55 Å². The molecule has 1 aromatic rings. The van der Waals surface area contributed by atoms with Crippen molar-refractivity contribution in [3.05, 3.63) is 33.9 Å². The third-order valence-corrected chi connectivity index (χ3v) is 2.33. The molecule has 3 nitrogen and oxygen atoms in total. The fraction of sp³-hybridized carbons (Fsp3) is 0.333.